The number of hydrogen-bond donors (Lipinski definition) is 4. The molecule has 0 radical (unpaired) electrons. The first-order chi connectivity index (χ1) is 25.8. The minimum absolute atomic E-state index is 0.00149. The van der Waals surface area contributed by atoms with Crippen molar-refractivity contribution in [1.82, 2.24) is 10.2 Å². The maximum atomic E-state index is 12.7. The molecule has 1 fully saturated rings. The van der Waals surface area contributed by atoms with Crippen LogP contribution in [0.4, 0.5) is 11.4 Å². The van der Waals surface area contributed by atoms with Crippen LogP contribution in [0.5, 0.6) is 0 Å². The summed E-state index contributed by atoms with van der Waals surface area (Å²) in [4.78, 5) is 27.4. The monoisotopic (exact) mass is 712 g/mol. The van der Waals surface area contributed by atoms with E-state index in [1.54, 1.807) is 12.1 Å². The van der Waals surface area contributed by atoms with Crippen LogP contribution in [0.25, 0.3) is 11.1 Å². The second-order valence-electron chi connectivity index (χ2n) is 13.6. The van der Waals surface area contributed by atoms with Gasteiger partial charge in [0, 0.05) is 44.5 Å². The van der Waals surface area contributed by atoms with Crippen molar-refractivity contribution < 1.29 is 24.2 Å². The average molecular weight is 713 g/mol. The van der Waals surface area contributed by atoms with Crippen molar-refractivity contribution in [1.29, 1.82) is 0 Å². The Morgan fingerprint density at radius 1 is 0.774 bits per heavy atom. The summed E-state index contributed by atoms with van der Waals surface area (Å²) in [5.41, 5.74) is 14.1. The van der Waals surface area contributed by atoms with E-state index in [9.17, 15) is 14.7 Å². The summed E-state index contributed by atoms with van der Waals surface area (Å²) >= 11 is 0. The van der Waals surface area contributed by atoms with E-state index in [4.69, 9.17) is 15.2 Å². The maximum Gasteiger partial charge on any atom is 0.224 e. The molecule has 1 aliphatic heterocycles. The van der Waals surface area contributed by atoms with Crippen molar-refractivity contribution in [2.45, 2.75) is 63.9 Å². The molecule has 53 heavy (non-hydrogen) atoms. The molecular weight excluding hydrogens is 665 g/mol. The van der Waals surface area contributed by atoms with E-state index in [1.807, 2.05) is 72.8 Å². The van der Waals surface area contributed by atoms with Gasteiger partial charge in [0.05, 0.1) is 30.2 Å². The number of aliphatic hydroxyl groups is 1. The molecule has 0 saturated carbocycles. The first-order valence-corrected chi connectivity index (χ1v) is 18.2. The van der Waals surface area contributed by atoms with Crippen LogP contribution in [0.1, 0.15) is 65.9 Å². The first-order valence-electron chi connectivity index (χ1n) is 18.2. The molecular formula is C44H48N4O5. The summed E-state index contributed by atoms with van der Waals surface area (Å²) in [7, 11) is 2.11. The van der Waals surface area contributed by atoms with Crippen LogP contribution in [0.3, 0.4) is 0 Å². The molecule has 5 aromatic carbocycles. The lowest BCUT2D eigenvalue weighted by Crippen LogP contribution is -2.37. The molecule has 0 aromatic heterocycles. The van der Waals surface area contributed by atoms with Crippen LogP contribution < -0.4 is 16.4 Å². The predicted octanol–water partition coefficient (Wildman–Crippen LogP) is 7.53. The SMILES string of the molecule is CN(Cc1ccccc1)C[C@H]1C[C@@H](c2ccc(CO)cc2)O[C@@H](c2ccc(-c3ccccc3CNC(=O)CCCC(=O)Nc3ccccc3N)cc2)O1. The van der Waals surface area contributed by atoms with E-state index in [0.29, 0.717) is 30.8 Å². The molecule has 9 nitrogen and oxygen atoms in total. The van der Waals surface area contributed by atoms with Crippen LogP contribution in [-0.2, 0) is 38.8 Å². The van der Waals surface area contributed by atoms with Crippen LogP contribution in [0, 0.1) is 0 Å². The molecule has 9 heteroatoms. The van der Waals surface area contributed by atoms with Gasteiger partial charge in [-0.2, -0.15) is 0 Å². The molecule has 1 aliphatic rings. The summed E-state index contributed by atoms with van der Waals surface area (Å²) in [5.74, 6) is -0.287. The zero-order valence-electron chi connectivity index (χ0n) is 30.1. The van der Waals surface area contributed by atoms with E-state index >= 15 is 0 Å². The molecule has 5 N–H and O–H groups in total. The number of nitrogens with one attached hydrogen (secondary N) is 2. The summed E-state index contributed by atoms with van der Waals surface area (Å²) in [6.45, 7) is 1.93. The van der Waals surface area contributed by atoms with Crippen molar-refractivity contribution in [3.05, 3.63) is 155 Å². The van der Waals surface area contributed by atoms with Gasteiger partial charge in [0.25, 0.3) is 0 Å². The highest BCUT2D eigenvalue weighted by molar-refractivity contribution is 5.94. The Labute approximate surface area is 311 Å². The number of nitrogens with zero attached hydrogens (tertiary/aromatic N) is 1. The molecule has 5 aromatic rings. The van der Waals surface area contributed by atoms with Gasteiger partial charge in [-0.1, -0.05) is 115 Å². The number of anilines is 2. The van der Waals surface area contributed by atoms with Gasteiger partial charge < -0.3 is 30.9 Å². The highest BCUT2D eigenvalue weighted by Crippen LogP contribution is 2.39. The smallest absolute Gasteiger partial charge is 0.224 e. The number of amides is 2. The van der Waals surface area contributed by atoms with Gasteiger partial charge in [-0.15, -0.1) is 0 Å². The standard InChI is InChI=1S/C44H48N4O5/c1-48(28-31-10-3-2-4-11-31)29-37-26-41(34-20-18-32(30-49)19-21-34)53-44(52-37)35-24-22-33(23-25-35)38-13-6-5-12-36(38)27-46-42(50)16-9-17-43(51)47-40-15-8-7-14-39(40)45/h2-8,10-15,18-25,37,41,44,49H,9,16-17,26-30,45H2,1H3,(H,46,50)(H,47,51)/t37-,41+,44+/m1/s1. The minimum Gasteiger partial charge on any atom is -0.397 e. The third-order valence-electron chi connectivity index (χ3n) is 9.46. The lowest BCUT2D eigenvalue weighted by Gasteiger charge is -2.38. The van der Waals surface area contributed by atoms with Gasteiger partial charge in [-0.3, -0.25) is 14.5 Å². The van der Waals surface area contributed by atoms with E-state index in [1.165, 1.54) is 5.56 Å². The second kappa shape index (κ2) is 18.4. The normalized spacial score (nSPS) is 17.0. The Hall–Kier alpha value is -5.32. The molecule has 0 bridgehead atoms. The number of nitrogen functional groups attached to an aromatic ring is 1. The van der Waals surface area contributed by atoms with E-state index < -0.39 is 6.29 Å². The highest BCUT2D eigenvalue weighted by atomic mass is 16.7. The quantitative estimate of drug-likeness (QED) is 0.0827. The molecule has 3 atom stereocenters. The molecule has 0 aliphatic carbocycles. The van der Waals surface area contributed by atoms with Gasteiger partial charge in [0.1, 0.15) is 0 Å². The van der Waals surface area contributed by atoms with Crippen LogP contribution in [0.2, 0.25) is 0 Å². The van der Waals surface area contributed by atoms with Crippen molar-refractivity contribution in [3.63, 3.8) is 0 Å². The number of para-hydroxylation sites is 2. The Kier molecular flexibility index (Phi) is 13.0. The molecule has 1 heterocycles. The maximum absolute atomic E-state index is 12.7. The van der Waals surface area contributed by atoms with Crippen LogP contribution >= 0.6 is 0 Å². The third-order valence-corrected chi connectivity index (χ3v) is 9.46. The highest BCUT2D eigenvalue weighted by Gasteiger charge is 2.33. The second-order valence-corrected chi connectivity index (χ2v) is 13.6. The van der Waals surface area contributed by atoms with E-state index in [2.05, 4.69) is 65.0 Å². The van der Waals surface area contributed by atoms with Crippen molar-refractivity contribution in [3.8, 4) is 11.1 Å². The Bertz CT molecular complexity index is 1930. The molecule has 274 valence electrons. The third kappa shape index (κ3) is 10.6. The van der Waals surface area contributed by atoms with Crippen LogP contribution in [-0.4, -0.2) is 41.5 Å². The molecule has 1 saturated heterocycles. The van der Waals surface area contributed by atoms with E-state index in [0.717, 1.165) is 46.5 Å². The lowest BCUT2D eigenvalue weighted by molar-refractivity contribution is -0.252. The largest absolute Gasteiger partial charge is 0.397 e. The van der Waals surface area contributed by atoms with Gasteiger partial charge in [0.15, 0.2) is 6.29 Å². The Morgan fingerprint density at radius 3 is 2.21 bits per heavy atom. The predicted molar refractivity (Wildman–Crippen MR) is 208 cm³/mol. The number of ether oxygens (including phenoxy) is 2. The van der Waals surface area contributed by atoms with Gasteiger partial charge in [-0.05, 0) is 59.0 Å². The number of benzene rings is 5. The van der Waals surface area contributed by atoms with Crippen molar-refractivity contribution >= 4 is 23.2 Å². The number of aliphatic hydroxyl groups excluding tert-OH is 1. The zero-order valence-corrected chi connectivity index (χ0v) is 30.1. The summed E-state index contributed by atoms with van der Waals surface area (Å²) in [6.07, 6.45) is 0.812. The zero-order chi connectivity index (χ0) is 37.0. The van der Waals surface area contributed by atoms with Gasteiger partial charge >= 0.3 is 0 Å². The molecule has 0 unspecified atom stereocenters. The first kappa shape index (κ1) is 37.4. The number of likely N-dealkylation sites (N-methyl/N-ethyl adjacent to an activating group) is 1. The average Bonchev–Trinajstić information content (AvgIpc) is 3.18. The molecule has 2 amide bonds. The lowest BCUT2D eigenvalue weighted by atomic mass is 9.97. The fraction of sp³-hybridized carbons (Fsp3) is 0.273. The number of carbonyl (C=O) groups excluding carboxylic acids is 2. The van der Waals surface area contributed by atoms with Crippen LogP contribution in [0.15, 0.2) is 127 Å². The number of nitrogens with two attached hydrogens (primary N) is 1. The summed E-state index contributed by atoms with van der Waals surface area (Å²) in [5, 5.41) is 15.4. The fourth-order valence-corrected chi connectivity index (χ4v) is 6.63. The van der Waals surface area contributed by atoms with Gasteiger partial charge in [-0.25, -0.2) is 0 Å². The number of carbonyl (C=O) groups is 2. The van der Waals surface area contributed by atoms with Gasteiger partial charge in [0.2, 0.25) is 11.8 Å². The topological polar surface area (TPSA) is 126 Å². The minimum atomic E-state index is -0.558. The molecule has 0 spiro atoms. The molecule has 6 rings (SSSR count). The van der Waals surface area contributed by atoms with Crippen molar-refractivity contribution in [2.75, 3.05) is 24.6 Å². The Balaban J connectivity index is 1.08. The summed E-state index contributed by atoms with van der Waals surface area (Å²) in [6, 6.07) is 41.7. The fourth-order valence-electron chi connectivity index (χ4n) is 6.63. The number of hydrogen-bond acceptors (Lipinski definition) is 7. The number of rotatable bonds is 15. The summed E-state index contributed by atoms with van der Waals surface area (Å²) < 4.78 is 13.2. The van der Waals surface area contributed by atoms with Crippen molar-refractivity contribution in [2.24, 2.45) is 0 Å². The Morgan fingerprint density at radius 2 is 1.45 bits per heavy atom. The van der Waals surface area contributed by atoms with E-state index in [-0.39, 0.29) is 43.5 Å².